The van der Waals surface area contributed by atoms with E-state index in [4.69, 9.17) is 16.3 Å². The lowest BCUT2D eigenvalue weighted by Crippen LogP contribution is -2.18. The molecule has 1 aliphatic rings. The Bertz CT molecular complexity index is 565. The van der Waals surface area contributed by atoms with Gasteiger partial charge in [-0.05, 0) is 25.0 Å². The minimum atomic E-state index is 0.00993. The molecule has 3 rings (SSSR count). The molecule has 3 nitrogen and oxygen atoms in total. The topological polar surface area (TPSA) is 27.1 Å². The van der Waals surface area contributed by atoms with Gasteiger partial charge in [0.15, 0.2) is 0 Å². The number of fused-ring (bicyclic) bond motifs is 1. The molecule has 4 heteroatoms. The second kappa shape index (κ2) is 5.25. The van der Waals surface area contributed by atoms with Gasteiger partial charge in [0, 0.05) is 24.2 Å². The number of para-hydroxylation sites is 1. The van der Waals surface area contributed by atoms with Crippen molar-refractivity contribution in [3.63, 3.8) is 0 Å². The van der Waals surface area contributed by atoms with Gasteiger partial charge in [-0.15, -0.1) is 11.6 Å². The Morgan fingerprint density at radius 3 is 3.11 bits per heavy atom. The van der Waals surface area contributed by atoms with E-state index >= 15 is 0 Å². The molecule has 2 atom stereocenters. The molecule has 2 aromatic rings. The van der Waals surface area contributed by atoms with Gasteiger partial charge in [-0.3, -0.25) is 4.68 Å². The summed E-state index contributed by atoms with van der Waals surface area (Å²) in [4.78, 5) is 0. The summed E-state index contributed by atoms with van der Waals surface area (Å²) < 4.78 is 7.67. The Hall–Kier alpha value is -1.48. The van der Waals surface area contributed by atoms with Gasteiger partial charge in [-0.25, -0.2) is 0 Å². The van der Waals surface area contributed by atoms with E-state index in [0.29, 0.717) is 5.92 Å². The summed E-state index contributed by atoms with van der Waals surface area (Å²) in [5.41, 5.74) is 2.35. The molecule has 1 aromatic heterocycles. The molecule has 2 heterocycles. The number of hydrogen-bond acceptors (Lipinski definition) is 2. The van der Waals surface area contributed by atoms with Gasteiger partial charge < -0.3 is 4.74 Å². The molecule has 0 amide bonds. The molecule has 2 unspecified atom stereocenters. The van der Waals surface area contributed by atoms with Crippen molar-refractivity contribution in [2.45, 2.75) is 31.2 Å². The smallest absolute Gasteiger partial charge is 0.122 e. The average molecular weight is 277 g/mol. The highest BCUT2D eigenvalue weighted by atomic mass is 35.5. The molecular formula is C15H17ClN2O. The first kappa shape index (κ1) is 12.5. The molecule has 100 valence electrons. The average Bonchev–Trinajstić information content (AvgIpc) is 2.88. The minimum absolute atomic E-state index is 0.00993. The first-order valence-corrected chi connectivity index (χ1v) is 7.06. The molecular weight excluding hydrogens is 260 g/mol. The Kier molecular flexibility index (Phi) is 3.47. The van der Waals surface area contributed by atoms with E-state index < -0.39 is 0 Å². The Labute approximate surface area is 118 Å². The van der Waals surface area contributed by atoms with Crippen molar-refractivity contribution in [3.05, 3.63) is 47.8 Å². The van der Waals surface area contributed by atoms with Crippen molar-refractivity contribution in [3.8, 4) is 5.75 Å². The fraction of sp³-hybridized carbons (Fsp3) is 0.400. The highest BCUT2D eigenvalue weighted by Gasteiger charge is 2.21. The standard InChI is InChI=1S/C15H17ClN2O/c1-11(16)13-8-17-18(10-13)9-12-6-7-19-15-5-3-2-4-14(12)15/h2-5,8,10-12H,6-7,9H2,1H3. The Morgan fingerprint density at radius 1 is 1.47 bits per heavy atom. The number of aromatic nitrogens is 2. The summed E-state index contributed by atoms with van der Waals surface area (Å²) >= 11 is 6.07. The maximum Gasteiger partial charge on any atom is 0.122 e. The Morgan fingerprint density at radius 2 is 2.32 bits per heavy atom. The van der Waals surface area contributed by atoms with E-state index in [1.54, 1.807) is 0 Å². The van der Waals surface area contributed by atoms with Crippen molar-refractivity contribution in [1.82, 2.24) is 9.78 Å². The lowest BCUT2D eigenvalue weighted by molar-refractivity contribution is 0.256. The second-order valence-corrected chi connectivity index (χ2v) is 5.64. The molecule has 19 heavy (non-hydrogen) atoms. The molecule has 0 spiro atoms. The Balaban J connectivity index is 1.80. The van der Waals surface area contributed by atoms with Crippen molar-refractivity contribution in [2.75, 3.05) is 6.61 Å². The molecule has 0 N–H and O–H groups in total. The van der Waals surface area contributed by atoms with Gasteiger partial charge in [0.05, 0.1) is 18.2 Å². The molecule has 1 aliphatic heterocycles. The fourth-order valence-electron chi connectivity index (χ4n) is 2.52. The van der Waals surface area contributed by atoms with Crippen LogP contribution in [-0.4, -0.2) is 16.4 Å². The first-order valence-electron chi connectivity index (χ1n) is 6.62. The molecule has 0 saturated carbocycles. The minimum Gasteiger partial charge on any atom is -0.493 e. The fourth-order valence-corrected chi connectivity index (χ4v) is 2.63. The maximum atomic E-state index is 6.07. The van der Waals surface area contributed by atoms with Crippen LogP contribution in [0.1, 0.15) is 35.8 Å². The predicted octanol–water partition coefficient (Wildman–Crippen LogP) is 3.75. The van der Waals surface area contributed by atoms with Crippen LogP contribution in [0, 0.1) is 0 Å². The van der Waals surface area contributed by atoms with Crippen molar-refractivity contribution in [2.24, 2.45) is 0 Å². The van der Waals surface area contributed by atoms with Gasteiger partial charge in [-0.1, -0.05) is 18.2 Å². The maximum absolute atomic E-state index is 6.07. The number of ether oxygens (including phenoxy) is 1. The van der Waals surface area contributed by atoms with E-state index in [-0.39, 0.29) is 5.38 Å². The number of hydrogen-bond donors (Lipinski definition) is 0. The summed E-state index contributed by atoms with van der Waals surface area (Å²) in [5, 5.41) is 4.41. The second-order valence-electron chi connectivity index (χ2n) is 4.98. The van der Waals surface area contributed by atoms with Crippen LogP contribution in [0.5, 0.6) is 5.75 Å². The zero-order chi connectivity index (χ0) is 13.2. The summed E-state index contributed by atoms with van der Waals surface area (Å²) in [6.07, 6.45) is 4.92. The number of benzene rings is 1. The normalized spacial score (nSPS) is 19.6. The quantitative estimate of drug-likeness (QED) is 0.799. The summed E-state index contributed by atoms with van der Waals surface area (Å²) in [7, 11) is 0. The van der Waals surface area contributed by atoms with Crippen LogP contribution in [0.2, 0.25) is 0 Å². The number of alkyl halides is 1. The van der Waals surface area contributed by atoms with E-state index in [1.165, 1.54) is 5.56 Å². The van der Waals surface area contributed by atoms with E-state index in [9.17, 15) is 0 Å². The number of nitrogens with zero attached hydrogens (tertiary/aromatic N) is 2. The number of rotatable bonds is 3. The summed E-state index contributed by atoms with van der Waals surface area (Å²) in [6, 6.07) is 8.27. The highest BCUT2D eigenvalue weighted by molar-refractivity contribution is 6.20. The highest BCUT2D eigenvalue weighted by Crippen LogP contribution is 2.34. The van der Waals surface area contributed by atoms with Crippen molar-refractivity contribution >= 4 is 11.6 Å². The van der Waals surface area contributed by atoms with E-state index in [1.807, 2.05) is 36.1 Å². The largest absolute Gasteiger partial charge is 0.493 e. The van der Waals surface area contributed by atoms with E-state index in [0.717, 1.165) is 30.9 Å². The van der Waals surface area contributed by atoms with Gasteiger partial charge in [-0.2, -0.15) is 5.10 Å². The lowest BCUT2D eigenvalue weighted by atomic mass is 9.93. The van der Waals surface area contributed by atoms with Crippen LogP contribution in [0.15, 0.2) is 36.7 Å². The molecule has 1 aromatic carbocycles. The van der Waals surface area contributed by atoms with Gasteiger partial charge in [0.1, 0.15) is 5.75 Å². The third-order valence-corrected chi connectivity index (χ3v) is 3.85. The van der Waals surface area contributed by atoms with Crippen LogP contribution in [0.3, 0.4) is 0 Å². The van der Waals surface area contributed by atoms with Gasteiger partial charge in [0.2, 0.25) is 0 Å². The monoisotopic (exact) mass is 276 g/mol. The molecule has 0 saturated heterocycles. The van der Waals surface area contributed by atoms with Crippen molar-refractivity contribution in [1.29, 1.82) is 0 Å². The van der Waals surface area contributed by atoms with Gasteiger partial charge in [0.25, 0.3) is 0 Å². The SMILES string of the molecule is CC(Cl)c1cnn(CC2CCOc3ccccc32)c1. The molecule has 0 radical (unpaired) electrons. The van der Waals surface area contributed by atoms with Gasteiger partial charge >= 0.3 is 0 Å². The summed E-state index contributed by atoms with van der Waals surface area (Å²) in [5.74, 6) is 1.47. The summed E-state index contributed by atoms with van der Waals surface area (Å²) in [6.45, 7) is 3.62. The van der Waals surface area contributed by atoms with Crippen LogP contribution in [0.4, 0.5) is 0 Å². The third-order valence-electron chi connectivity index (χ3n) is 3.60. The van der Waals surface area contributed by atoms with Crippen molar-refractivity contribution < 1.29 is 4.74 Å². The molecule has 0 bridgehead atoms. The predicted molar refractivity (Wildman–Crippen MR) is 75.8 cm³/mol. The molecule has 0 fully saturated rings. The van der Waals surface area contributed by atoms with E-state index in [2.05, 4.69) is 17.2 Å². The zero-order valence-corrected chi connectivity index (χ0v) is 11.7. The zero-order valence-electron chi connectivity index (χ0n) is 10.9. The first-order chi connectivity index (χ1) is 9.24. The van der Waals surface area contributed by atoms with Crippen LogP contribution < -0.4 is 4.74 Å². The van der Waals surface area contributed by atoms with Crippen LogP contribution in [-0.2, 0) is 6.54 Å². The molecule has 0 aliphatic carbocycles. The van der Waals surface area contributed by atoms with Crippen LogP contribution >= 0.6 is 11.6 Å². The third kappa shape index (κ3) is 2.61. The van der Waals surface area contributed by atoms with Crippen LogP contribution in [0.25, 0.3) is 0 Å². The lowest BCUT2D eigenvalue weighted by Gasteiger charge is -2.25. The number of halogens is 1.